The molecule has 3 N–H and O–H groups in total. The smallest absolute Gasteiger partial charge is 0.408 e. The molecule has 0 bridgehead atoms. The zero-order chi connectivity index (χ0) is 41.7. The number of benzene rings is 3. The Labute approximate surface area is 338 Å². The highest BCUT2D eigenvalue weighted by atomic mass is 35.5. The van der Waals surface area contributed by atoms with Crippen LogP contribution in [0.25, 0.3) is 0 Å². The number of halogens is 1. The molecule has 0 spiro atoms. The summed E-state index contributed by atoms with van der Waals surface area (Å²) < 4.78 is 40.4. The lowest BCUT2D eigenvalue weighted by Crippen LogP contribution is -2.65. The van der Waals surface area contributed by atoms with Crippen molar-refractivity contribution in [3.8, 4) is 5.75 Å². The van der Waals surface area contributed by atoms with Crippen molar-refractivity contribution >= 4 is 51.3 Å². The van der Waals surface area contributed by atoms with Crippen LogP contribution in [0.15, 0.2) is 96.4 Å². The van der Waals surface area contributed by atoms with Crippen molar-refractivity contribution in [3.05, 3.63) is 108 Å². The van der Waals surface area contributed by atoms with Crippen LogP contribution >= 0.6 is 11.6 Å². The van der Waals surface area contributed by atoms with Crippen LogP contribution in [0.1, 0.15) is 57.0 Å². The first-order valence-corrected chi connectivity index (χ1v) is 20.3. The minimum atomic E-state index is -4.46. The third-order valence-corrected chi connectivity index (χ3v) is 11.2. The number of alkyl carbamates (subject to hydrolysis) is 1. The van der Waals surface area contributed by atoms with Gasteiger partial charge in [0.15, 0.2) is 0 Å². The largest absolute Gasteiger partial charge is 0.489 e. The van der Waals surface area contributed by atoms with Gasteiger partial charge < -0.3 is 29.9 Å². The van der Waals surface area contributed by atoms with Crippen LogP contribution in [0.2, 0.25) is 5.02 Å². The lowest BCUT2D eigenvalue weighted by Gasteiger charge is -2.42. The van der Waals surface area contributed by atoms with Crippen molar-refractivity contribution in [3.63, 3.8) is 0 Å². The number of amides is 5. The second kappa shape index (κ2) is 17.4. The zero-order valence-corrected chi connectivity index (χ0v) is 34.1. The maximum atomic E-state index is 14.4. The van der Waals surface area contributed by atoms with E-state index in [1.54, 1.807) is 40.7 Å². The third kappa shape index (κ3) is 10.5. The van der Waals surface area contributed by atoms with Crippen LogP contribution in [-0.2, 0) is 35.8 Å². The molecule has 1 saturated carbocycles. The molecule has 0 unspecified atom stereocenters. The van der Waals surface area contributed by atoms with E-state index in [-0.39, 0.29) is 54.8 Å². The Hall–Kier alpha value is -5.41. The molecule has 1 heterocycles. The molecule has 2 aliphatic rings. The fourth-order valence-electron chi connectivity index (χ4n) is 6.43. The van der Waals surface area contributed by atoms with Gasteiger partial charge >= 0.3 is 6.09 Å². The molecular formula is C41H48ClN5O9S. The highest BCUT2D eigenvalue weighted by Gasteiger charge is 2.61. The summed E-state index contributed by atoms with van der Waals surface area (Å²) in [5, 5.41) is 5.75. The van der Waals surface area contributed by atoms with Crippen LogP contribution in [0.4, 0.5) is 4.79 Å². The molecule has 0 radical (unpaired) electrons. The van der Waals surface area contributed by atoms with E-state index >= 15 is 0 Å². The zero-order valence-electron chi connectivity index (χ0n) is 32.5. The van der Waals surface area contributed by atoms with E-state index in [1.165, 1.54) is 58.3 Å². The van der Waals surface area contributed by atoms with Crippen molar-refractivity contribution in [2.75, 3.05) is 19.6 Å². The second-order valence-electron chi connectivity index (χ2n) is 15.4. The number of sulfonamides is 1. The Morgan fingerprint density at radius 1 is 0.982 bits per heavy atom. The average molecular weight is 822 g/mol. The number of rotatable bonds is 13. The summed E-state index contributed by atoms with van der Waals surface area (Å²) >= 11 is 6.06. The first-order valence-electron chi connectivity index (χ1n) is 18.5. The summed E-state index contributed by atoms with van der Waals surface area (Å²) in [6, 6.07) is 18.7. The molecule has 4 atom stereocenters. The third-order valence-electron chi connectivity index (χ3n) is 9.59. The number of hydrogen-bond acceptors (Lipinski definition) is 9. The molecule has 0 aromatic heterocycles. The summed E-state index contributed by atoms with van der Waals surface area (Å²) in [4.78, 5) is 71.3. The number of nitrogens with zero attached hydrogens (tertiary/aromatic N) is 2. The van der Waals surface area contributed by atoms with Gasteiger partial charge in [0.25, 0.3) is 21.8 Å². The second-order valence-corrected chi connectivity index (χ2v) is 17.5. The monoisotopic (exact) mass is 821 g/mol. The number of nitrogens with one attached hydrogen (secondary N) is 3. The minimum absolute atomic E-state index is 0.0223. The fraction of sp³-hybridized carbons (Fsp3) is 0.390. The lowest BCUT2D eigenvalue weighted by molar-refractivity contribution is -0.141. The number of carbonyl (C=O) groups is 5. The van der Waals surface area contributed by atoms with Gasteiger partial charge in [-0.15, -0.1) is 6.58 Å². The summed E-state index contributed by atoms with van der Waals surface area (Å²) in [6.07, 6.45) is 0.673. The van der Waals surface area contributed by atoms with Gasteiger partial charge in [0.2, 0.25) is 11.8 Å². The van der Waals surface area contributed by atoms with Crippen LogP contribution in [0, 0.1) is 11.8 Å². The summed E-state index contributed by atoms with van der Waals surface area (Å²) in [6.45, 7) is 12.2. The molecule has 1 aliphatic heterocycles. The topological polar surface area (TPSA) is 181 Å². The number of carbonyl (C=O) groups excluding carboxylic acids is 5. The molecule has 57 heavy (non-hydrogen) atoms. The predicted octanol–water partition coefficient (Wildman–Crippen LogP) is 4.69. The molecule has 14 nitrogen and oxygen atoms in total. The normalized spacial score (nSPS) is 19.8. The molecule has 5 rings (SSSR count). The van der Waals surface area contributed by atoms with Crippen molar-refractivity contribution in [1.29, 1.82) is 0 Å². The predicted molar refractivity (Wildman–Crippen MR) is 213 cm³/mol. The highest BCUT2D eigenvalue weighted by Crippen LogP contribution is 2.45. The molecule has 3 aromatic rings. The first kappa shape index (κ1) is 42.7. The SMILES string of the molecule is C=C[C@@H]1C[C@]1(NC(=O)[C@@H]1CN(C(=O)[C@@H](NC(=O)OC(C)(C)C)C(C)C)CCN1C(=O)c1ccc(Cl)cc1)C(=O)NS(=O)(=O)c1cccc(OCc2ccccc2)c1. The van der Waals surface area contributed by atoms with Crippen LogP contribution in [0.5, 0.6) is 5.75 Å². The van der Waals surface area contributed by atoms with E-state index in [0.29, 0.717) is 5.02 Å². The Morgan fingerprint density at radius 3 is 2.28 bits per heavy atom. The summed E-state index contributed by atoms with van der Waals surface area (Å²) in [7, 11) is -4.46. The maximum absolute atomic E-state index is 14.4. The number of ether oxygens (including phenoxy) is 2. The average Bonchev–Trinajstić information content (AvgIpc) is 3.89. The Balaban J connectivity index is 1.37. The van der Waals surface area contributed by atoms with Gasteiger partial charge in [0.05, 0.1) is 11.4 Å². The van der Waals surface area contributed by atoms with Gasteiger partial charge in [0.1, 0.15) is 35.6 Å². The fourth-order valence-corrected chi connectivity index (χ4v) is 7.63. The molecule has 1 aliphatic carbocycles. The van der Waals surface area contributed by atoms with Gasteiger partial charge in [-0.2, -0.15) is 0 Å². The van der Waals surface area contributed by atoms with Crippen molar-refractivity contribution < 1.29 is 41.9 Å². The Bertz CT molecular complexity index is 2110. The molecule has 1 saturated heterocycles. The maximum Gasteiger partial charge on any atom is 0.408 e. The van der Waals surface area contributed by atoms with Crippen LogP contribution in [-0.4, -0.2) is 90.8 Å². The molecule has 16 heteroatoms. The summed E-state index contributed by atoms with van der Waals surface area (Å²) in [5.41, 5.74) is -1.45. The Morgan fingerprint density at radius 2 is 1.67 bits per heavy atom. The standard InChI is InChI=1S/C41H48ClN5O9S/c1-7-29-23-41(29,38(51)45-57(53,54)32-15-11-14-31(22-32)55-25-27-12-9-8-10-13-27)44-35(48)33-24-46(20-21-47(33)36(49)28-16-18-30(42)19-17-28)37(50)34(26(2)3)43-39(52)56-40(4,5)6/h7-19,22,26,29,33-34H,1,20-21,23-25H2,2-6H3,(H,43,52)(H,44,48)(H,45,51)/t29-,33+,34+,41-/m1/s1. The Kier molecular flexibility index (Phi) is 13.0. The van der Waals surface area contributed by atoms with Gasteiger partial charge in [-0.25, -0.2) is 17.9 Å². The number of hydrogen-bond donors (Lipinski definition) is 3. The van der Waals surface area contributed by atoms with E-state index in [2.05, 4.69) is 21.9 Å². The summed E-state index contributed by atoms with van der Waals surface area (Å²) in [5.74, 6) is -3.61. The molecular weight excluding hydrogens is 774 g/mol. The molecule has 3 aromatic carbocycles. The lowest BCUT2D eigenvalue weighted by atomic mass is 10.0. The molecule has 304 valence electrons. The van der Waals surface area contributed by atoms with E-state index in [4.69, 9.17) is 21.1 Å². The van der Waals surface area contributed by atoms with Crippen molar-refractivity contribution in [1.82, 2.24) is 25.2 Å². The van der Waals surface area contributed by atoms with Gasteiger partial charge in [-0.3, -0.25) is 19.2 Å². The molecule has 5 amide bonds. The first-order chi connectivity index (χ1) is 26.8. The van der Waals surface area contributed by atoms with E-state index in [1.807, 2.05) is 30.3 Å². The van der Waals surface area contributed by atoms with Gasteiger partial charge in [-0.05, 0) is 75.1 Å². The van der Waals surface area contributed by atoms with Gasteiger partial charge in [0, 0.05) is 35.7 Å². The van der Waals surface area contributed by atoms with Crippen LogP contribution < -0.4 is 20.1 Å². The minimum Gasteiger partial charge on any atom is -0.489 e. The van der Waals surface area contributed by atoms with E-state index < -0.39 is 68.9 Å². The number of piperazine rings is 1. The molecule has 2 fully saturated rings. The van der Waals surface area contributed by atoms with E-state index in [9.17, 15) is 32.4 Å². The van der Waals surface area contributed by atoms with E-state index in [0.717, 1.165) is 5.56 Å². The van der Waals surface area contributed by atoms with Crippen molar-refractivity contribution in [2.24, 2.45) is 11.8 Å². The quantitative estimate of drug-likeness (QED) is 0.206. The van der Waals surface area contributed by atoms with Crippen molar-refractivity contribution in [2.45, 2.75) is 75.8 Å². The van der Waals surface area contributed by atoms with Gasteiger partial charge in [-0.1, -0.05) is 67.9 Å². The highest BCUT2D eigenvalue weighted by molar-refractivity contribution is 7.90. The van der Waals surface area contributed by atoms with Crippen LogP contribution in [0.3, 0.4) is 0 Å².